The van der Waals surface area contributed by atoms with Gasteiger partial charge in [0.25, 0.3) is 0 Å². The van der Waals surface area contributed by atoms with Crippen LogP contribution in [0.15, 0.2) is 0 Å². The first-order valence-electron chi connectivity index (χ1n) is 6.49. The van der Waals surface area contributed by atoms with Gasteiger partial charge in [0.1, 0.15) is 5.60 Å². The molecule has 0 saturated heterocycles. The molecule has 0 radical (unpaired) electrons. The molecule has 8 heteroatoms. The first-order chi connectivity index (χ1) is 9.50. The number of esters is 1. The maximum Gasteiger partial charge on any atom is 0.407 e. The summed E-state index contributed by atoms with van der Waals surface area (Å²) < 4.78 is 9.34. The van der Waals surface area contributed by atoms with E-state index in [1.54, 1.807) is 20.8 Å². The summed E-state index contributed by atoms with van der Waals surface area (Å²) in [5, 5.41) is 21.3. The highest BCUT2D eigenvalue weighted by Gasteiger charge is 2.38. The van der Waals surface area contributed by atoms with Crippen molar-refractivity contribution in [2.24, 2.45) is 0 Å². The zero-order valence-corrected chi connectivity index (χ0v) is 12.8. The number of alkyl carbamates (subject to hydrolysis) is 1. The number of methoxy groups -OCH3 is 1. The van der Waals surface area contributed by atoms with Crippen molar-refractivity contribution >= 4 is 18.0 Å². The minimum Gasteiger partial charge on any atom is -0.479 e. The van der Waals surface area contributed by atoms with Crippen LogP contribution in [0.5, 0.6) is 0 Å². The standard InChI is InChI=1S/C13H23NO7/c1-12(2,3)21-11(18)14-7-5-6-13(19,10(16)17)8-9(15)20-4/h19H,5-8H2,1-4H3,(H,14,18)(H,16,17). The van der Waals surface area contributed by atoms with E-state index in [2.05, 4.69) is 10.1 Å². The first-order valence-corrected chi connectivity index (χ1v) is 6.49. The number of aliphatic carboxylic acids is 1. The molecule has 1 atom stereocenters. The van der Waals surface area contributed by atoms with Crippen molar-refractivity contribution in [3.8, 4) is 0 Å². The Balaban J connectivity index is 4.25. The highest BCUT2D eigenvalue weighted by atomic mass is 16.6. The molecule has 0 heterocycles. The minimum absolute atomic E-state index is 0.117. The molecule has 0 aliphatic carbocycles. The maximum atomic E-state index is 11.4. The predicted molar refractivity (Wildman–Crippen MR) is 72.7 cm³/mol. The summed E-state index contributed by atoms with van der Waals surface area (Å²) in [4.78, 5) is 33.5. The van der Waals surface area contributed by atoms with E-state index < -0.39 is 35.7 Å². The van der Waals surface area contributed by atoms with Gasteiger partial charge in [0.05, 0.1) is 13.5 Å². The molecule has 0 aliphatic rings. The lowest BCUT2D eigenvalue weighted by atomic mass is 9.94. The lowest BCUT2D eigenvalue weighted by Gasteiger charge is -2.22. The molecule has 122 valence electrons. The molecular weight excluding hydrogens is 282 g/mol. The predicted octanol–water partition coefficient (Wildman–Crippen LogP) is 0.670. The summed E-state index contributed by atoms with van der Waals surface area (Å²) in [6, 6.07) is 0. The summed E-state index contributed by atoms with van der Waals surface area (Å²) in [6.07, 6.45) is -1.31. The van der Waals surface area contributed by atoms with Crippen LogP contribution in [-0.2, 0) is 19.1 Å². The number of hydrogen-bond donors (Lipinski definition) is 3. The number of ether oxygens (including phenoxy) is 2. The third-order valence-electron chi connectivity index (χ3n) is 2.50. The molecule has 0 saturated carbocycles. The number of rotatable bonds is 7. The average molecular weight is 305 g/mol. The number of aliphatic hydroxyl groups is 1. The first kappa shape index (κ1) is 19.2. The fourth-order valence-electron chi connectivity index (χ4n) is 1.47. The van der Waals surface area contributed by atoms with E-state index in [0.717, 1.165) is 7.11 Å². The van der Waals surface area contributed by atoms with Crippen molar-refractivity contribution in [2.45, 2.75) is 51.2 Å². The summed E-state index contributed by atoms with van der Waals surface area (Å²) in [7, 11) is 1.11. The van der Waals surface area contributed by atoms with Crippen molar-refractivity contribution in [3.63, 3.8) is 0 Å². The van der Waals surface area contributed by atoms with Gasteiger partial charge in [0.2, 0.25) is 0 Å². The maximum absolute atomic E-state index is 11.4. The van der Waals surface area contributed by atoms with Gasteiger partial charge in [-0.15, -0.1) is 0 Å². The molecule has 0 rings (SSSR count). The van der Waals surface area contributed by atoms with E-state index in [-0.39, 0.29) is 19.4 Å². The van der Waals surface area contributed by atoms with Crippen LogP contribution in [0.3, 0.4) is 0 Å². The Kier molecular flexibility index (Phi) is 7.14. The van der Waals surface area contributed by atoms with Crippen molar-refractivity contribution in [1.82, 2.24) is 5.32 Å². The van der Waals surface area contributed by atoms with Crippen LogP contribution in [0.4, 0.5) is 4.79 Å². The number of nitrogens with one attached hydrogen (secondary N) is 1. The molecule has 1 unspecified atom stereocenters. The smallest absolute Gasteiger partial charge is 0.407 e. The van der Waals surface area contributed by atoms with Crippen LogP contribution < -0.4 is 5.32 Å². The van der Waals surface area contributed by atoms with Crippen LogP contribution >= 0.6 is 0 Å². The largest absolute Gasteiger partial charge is 0.479 e. The Morgan fingerprint density at radius 1 is 1.19 bits per heavy atom. The molecule has 0 aromatic heterocycles. The lowest BCUT2D eigenvalue weighted by Crippen LogP contribution is -2.42. The van der Waals surface area contributed by atoms with Gasteiger partial charge in [-0.3, -0.25) is 4.79 Å². The Morgan fingerprint density at radius 3 is 2.19 bits per heavy atom. The SMILES string of the molecule is COC(=O)CC(O)(CCCNC(=O)OC(C)(C)C)C(=O)O. The highest BCUT2D eigenvalue weighted by molar-refractivity contribution is 5.84. The molecule has 0 aliphatic heterocycles. The van der Waals surface area contributed by atoms with E-state index in [0.29, 0.717) is 0 Å². The third kappa shape index (κ3) is 8.13. The fourth-order valence-corrected chi connectivity index (χ4v) is 1.47. The van der Waals surface area contributed by atoms with Crippen LogP contribution in [0.25, 0.3) is 0 Å². The van der Waals surface area contributed by atoms with Gasteiger partial charge in [0, 0.05) is 6.54 Å². The molecule has 0 aromatic carbocycles. The van der Waals surface area contributed by atoms with E-state index in [4.69, 9.17) is 9.84 Å². The van der Waals surface area contributed by atoms with Crippen LogP contribution in [-0.4, -0.2) is 53.1 Å². The minimum atomic E-state index is -2.21. The number of carboxylic acids is 1. The zero-order valence-electron chi connectivity index (χ0n) is 12.8. The molecule has 0 aromatic rings. The van der Waals surface area contributed by atoms with Gasteiger partial charge in [-0.1, -0.05) is 0 Å². The lowest BCUT2D eigenvalue weighted by molar-refractivity contribution is -0.167. The topological polar surface area (TPSA) is 122 Å². The average Bonchev–Trinajstić information content (AvgIpc) is 2.32. The molecule has 8 nitrogen and oxygen atoms in total. The van der Waals surface area contributed by atoms with E-state index in [1.165, 1.54) is 0 Å². The molecule has 21 heavy (non-hydrogen) atoms. The molecule has 1 amide bonds. The monoisotopic (exact) mass is 305 g/mol. The van der Waals surface area contributed by atoms with Crippen LogP contribution in [0, 0.1) is 0 Å². The summed E-state index contributed by atoms with van der Waals surface area (Å²) in [6.45, 7) is 5.26. The van der Waals surface area contributed by atoms with Gasteiger partial charge in [-0.05, 0) is 33.6 Å². The molecule has 0 spiro atoms. The van der Waals surface area contributed by atoms with Gasteiger partial charge in [-0.25, -0.2) is 9.59 Å². The van der Waals surface area contributed by atoms with Gasteiger partial charge in [-0.2, -0.15) is 0 Å². The normalized spacial score (nSPS) is 14.0. The third-order valence-corrected chi connectivity index (χ3v) is 2.50. The number of amides is 1. The van der Waals surface area contributed by atoms with Gasteiger partial charge in [0.15, 0.2) is 5.60 Å². The van der Waals surface area contributed by atoms with Gasteiger partial charge >= 0.3 is 18.0 Å². The second-order valence-electron chi connectivity index (χ2n) is 5.62. The van der Waals surface area contributed by atoms with Crippen molar-refractivity contribution in [2.75, 3.05) is 13.7 Å². The van der Waals surface area contributed by atoms with E-state index >= 15 is 0 Å². The molecular formula is C13H23NO7. The molecule has 0 bridgehead atoms. The Hall–Kier alpha value is -1.83. The van der Waals surface area contributed by atoms with E-state index in [9.17, 15) is 19.5 Å². The fraction of sp³-hybridized carbons (Fsp3) is 0.769. The number of hydrogen-bond acceptors (Lipinski definition) is 6. The van der Waals surface area contributed by atoms with Gasteiger partial charge < -0.3 is 25.0 Å². The number of carboxylic acid groups (broad SMARTS) is 1. The second-order valence-corrected chi connectivity index (χ2v) is 5.62. The number of carbonyl (C=O) groups excluding carboxylic acids is 2. The quantitative estimate of drug-likeness (QED) is 0.466. The van der Waals surface area contributed by atoms with Crippen LogP contribution in [0.2, 0.25) is 0 Å². The Labute approximate surface area is 123 Å². The van der Waals surface area contributed by atoms with Crippen LogP contribution in [0.1, 0.15) is 40.0 Å². The molecule has 3 N–H and O–H groups in total. The van der Waals surface area contributed by atoms with E-state index in [1.807, 2.05) is 0 Å². The summed E-state index contributed by atoms with van der Waals surface area (Å²) in [5.41, 5.74) is -2.83. The molecule has 0 fully saturated rings. The highest BCUT2D eigenvalue weighted by Crippen LogP contribution is 2.18. The summed E-state index contributed by atoms with van der Waals surface area (Å²) in [5.74, 6) is -2.33. The Bertz CT molecular complexity index is 388. The van der Waals surface area contributed by atoms with Crippen molar-refractivity contribution in [1.29, 1.82) is 0 Å². The second kappa shape index (κ2) is 7.82. The van der Waals surface area contributed by atoms with Crippen molar-refractivity contribution < 1.29 is 34.1 Å². The van der Waals surface area contributed by atoms with Crippen molar-refractivity contribution in [3.05, 3.63) is 0 Å². The number of carbonyl (C=O) groups is 3. The Morgan fingerprint density at radius 2 is 1.76 bits per heavy atom. The summed E-state index contributed by atoms with van der Waals surface area (Å²) >= 11 is 0. The zero-order chi connectivity index (χ0) is 16.7.